The molecule has 1 unspecified atom stereocenters. The Bertz CT molecular complexity index is 1290. The molecule has 0 spiro atoms. The van der Waals surface area contributed by atoms with Gasteiger partial charge in [-0.15, -0.1) is 0 Å². The molecule has 0 aromatic heterocycles. The molecule has 6 heteroatoms. The Kier molecular flexibility index (Phi) is 64.1. The highest BCUT2D eigenvalue weighted by molar-refractivity contribution is 5.71. The van der Waals surface area contributed by atoms with Crippen molar-refractivity contribution < 1.29 is 28.6 Å². The van der Waals surface area contributed by atoms with Crippen LogP contribution in [0.4, 0.5) is 0 Å². The largest absolute Gasteiger partial charge is 0.462 e. The number of allylic oxidation sites excluding steroid dienone is 6. The molecule has 0 aliphatic rings. The van der Waals surface area contributed by atoms with Crippen LogP contribution in [0.15, 0.2) is 36.5 Å². The van der Waals surface area contributed by atoms with Crippen molar-refractivity contribution in [3.05, 3.63) is 36.5 Å². The minimum atomic E-state index is -0.777. The van der Waals surface area contributed by atoms with E-state index < -0.39 is 6.10 Å². The second kappa shape index (κ2) is 66.1. The first-order valence-corrected chi connectivity index (χ1v) is 34.5. The summed E-state index contributed by atoms with van der Waals surface area (Å²) in [5.41, 5.74) is 0. The lowest BCUT2D eigenvalue weighted by atomic mass is 10.0. The van der Waals surface area contributed by atoms with Crippen LogP contribution in [0.3, 0.4) is 0 Å². The monoisotopic (exact) mass is 1080 g/mol. The molecule has 6 nitrogen and oxygen atoms in total. The standard InChI is InChI=1S/C71H132O6/c1-4-7-10-13-16-19-22-25-27-28-29-30-31-32-33-34-35-36-37-38-39-40-41-42-43-44-45-47-49-52-55-58-61-64-70(73)76-67-68(66-75-69(72)63-60-57-54-51-48-24-21-18-15-12-9-6-3)77-71(74)65-62-59-56-53-50-46-26-23-20-17-14-11-8-5-2/h18,21,23,26,28-29,68H,4-17,19-20,22,24-25,27,30-67H2,1-3H3/b21-18-,26-23-,29-28-. The predicted octanol–water partition coefficient (Wildman–Crippen LogP) is 23.6. The average Bonchev–Trinajstić information content (AvgIpc) is 3.43. The number of carbonyl (C=O) groups is 3. The lowest BCUT2D eigenvalue weighted by Gasteiger charge is -2.18. The molecule has 0 saturated carbocycles. The summed E-state index contributed by atoms with van der Waals surface area (Å²) < 4.78 is 16.9. The van der Waals surface area contributed by atoms with Crippen molar-refractivity contribution >= 4 is 17.9 Å². The van der Waals surface area contributed by atoms with E-state index in [0.717, 1.165) is 70.6 Å². The van der Waals surface area contributed by atoms with Gasteiger partial charge in [-0.05, 0) is 96.3 Å². The zero-order chi connectivity index (χ0) is 55.7. The average molecular weight is 1080 g/mol. The van der Waals surface area contributed by atoms with Crippen LogP contribution in [-0.4, -0.2) is 37.2 Å². The molecule has 0 radical (unpaired) electrons. The molecule has 0 aromatic rings. The summed E-state index contributed by atoms with van der Waals surface area (Å²) in [5, 5.41) is 0. The van der Waals surface area contributed by atoms with Crippen LogP contribution < -0.4 is 0 Å². The van der Waals surface area contributed by atoms with Crippen molar-refractivity contribution in [2.45, 2.75) is 386 Å². The Hall–Kier alpha value is -2.37. The fourth-order valence-electron chi connectivity index (χ4n) is 10.4. The highest BCUT2D eigenvalue weighted by atomic mass is 16.6. The molecule has 0 N–H and O–H groups in total. The number of hydrogen-bond donors (Lipinski definition) is 0. The number of esters is 3. The van der Waals surface area contributed by atoms with E-state index in [0.29, 0.717) is 19.3 Å². The maximum atomic E-state index is 12.9. The predicted molar refractivity (Wildman–Crippen MR) is 335 cm³/mol. The number of ether oxygens (including phenoxy) is 3. The molecule has 452 valence electrons. The SMILES string of the molecule is CCCCC/C=C\CCCCCCCC(=O)OCC(COC(=O)CCCCCCCCCCCCCCCCCCCCCCC/C=C\CCCCCCCCCC)OC(=O)CCCCCCC/C=C\CCCCCCC. The van der Waals surface area contributed by atoms with Gasteiger partial charge in [0, 0.05) is 19.3 Å². The Morgan fingerprint density at radius 3 is 0.675 bits per heavy atom. The summed E-state index contributed by atoms with van der Waals surface area (Å²) in [5.74, 6) is -0.870. The van der Waals surface area contributed by atoms with Crippen molar-refractivity contribution in [2.24, 2.45) is 0 Å². The maximum absolute atomic E-state index is 12.9. The van der Waals surface area contributed by atoms with Gasteiger partial charge in [-0.2, -0.15) is 0 Å². The van der Waals surface area contributed by atoms with Gasteiger partial charge in [-0.3, -0.25) is 14.4 Å². The third-order valence-corrected chi connectivity index (χ3v) is 15.6. The van der Waals surface area contributed by atoms with Gasteiger partial charge in [0.25, 0.3) is 0 Å². The van der Waals surface area contributed by atoms with Crippen LogP contribution in [-0.2, 0) is 28.6 Å². The van der Waals surface area contributed by atoms with Crippen LogP contribution in [0.5, 0.6) is 0 Å². The van der Waals surface area contributed by atoms with Crippen molar-refractivity contribution in [1.82, 2.24) is 0 Å². The van der Waals surface area contributed by atoms with Crippen molar-refractivity contribution in [1.29, 1.82) is 0 Å². The Labute approximate surface area is 480 Å². The van der Waals surface area contributed by atoms with E-state index in [1.54, 1.807) is 0 Å². The molecule has 0 rings (SSSR count). The van der Waals surface area contributed by atoms with E-state index >= 15 is 0 Å². The van der Waals surface area contributed by atoms with Gasteiger partial charge in [-0.1, -0.05) is 301 Å². The first-order chi connectivity index (χ1) is 38.0. The van der Waals surface area contributed by atoms with Crippen LogP contribution >= 0.6 is 0 Å². The lowest BCUT2D eigenvalue weighted by molar-refractivity contribution is -0.167. The highest BCUT2D eigenvalue weighted by Gasteiger charge is 2.19. The molecule has 0 aliphatic carbocycles. The third kappa shape index (κ3) is 64.3. The molecule has 0 fully saturated rings. The lowest BCUT2D eigenvalue weighted by Crippen LogP contribution is -2.30. The van der Waals surface area contributed by atoms with Crippen LogP contribution in [0, 0.1) is 0 Å². The van der Waals surface area contributed by atoms with Gasteiger partial charge in [0.15, 0.2) is 6.10 Å². The van der Waals surface area contributed by atoms with E-state index in [1.165, 1.54) is 270 Å². The fraction of sp³-hybridized carbons (Fsp3) is 0.873. The summed E-state index contributed by atoms with van der Waals surface area (Å²) in [4.78, 5) is 38.2. The number of carbonyl (C=O) groups excluding carboxylic acids is 3. The Morgan fingerprint density at radius 1 is 0.247 bits per heavy atom. The topological polar surface area (TPSA) is 78.9 Å². The van der Waals surface area contributed by atoms with Gasteiger partial charge in [-0.25, -0.2) is 0 Å². The first-order valence-electron chi connectivity index (χ1n) is 34.5. The minimum Gasteiger partial charge on any atom is -0.462 e. The molecule has 0 saturated heterocycles. The smallest absolute Gasteiger partial charge is 0.306 e. The van der Waals surface area contributed by atoms with Gasteiger partial charge >= 0.3 is 17.9 Å². The number of unbranched alkanes of at least 4 members (excludes halogenated alkanes) is 47. The minimum absolute atomic E-state index is 0.0739. The first kappa shape index (κ1) is 74.6. The zero-order valence-corrected chi connectivity index (χ0v) is 52.0. The van der Waals surface area contributed by atoms with Gasteiger partial charge in [0.1, 0.15) is 13.2 Å². The van der Waals surface area contributed by atoms with Crippen LogP contribution in [0.2, 0.25) is 0 Å². The van der Waals surface area contributed by atoms with E-state index in [4.69, 9.17) is 14.2 Å². The fourth-order valence-corrected chi connectivity index (χ4v) is 10.4. The van der Waals surface area contributed by atoms with Crippen LogP contribution in [0.25, 0.3) is 0 Å². The van der Waals surface area contributed by atoms with Gasteiger partial charge in [0.05, 0.1) is 0 Å². The highest BCUT2D eigenvalue weighted by Crippen LogP contribution is 2.18. The van der Waals surface area contributed by atoms with E-state index in [9.17, 15) is 14.4 Å². The number of rotatable bonds is 64. The Balaban J connectivity index is 4.05. The molecule has 0 bridgehead atoms. The summed E-state index contributed by atoms with van der Waals surface area (Å²) in [6.45, 7) is 6.64. The second-order valence-corrected chi connectivity index (χ2v) is 23.4. The van der Waals surface area contributed by atoms with E-state index in [2.05, 4.69) is 57.2 Å². The molecule has 0 amide bonds. The second-order valence-electron chi connectivity index (χ2n) is 23.4. The van der Waals surface area contributed by atoms with E-state index in [-0.39, 0.29) is 31.1 Å². The zero-order valence-electron chi connectivity index (χ0n) is 52.0. The summed E-state index contributed by atoms with van der Waals surface area (Å²) >= 11 is 0. The third-order valence-electron chi connectivity index (χ3n) is 15.6. The van der Waals surface area contributed by atoms with Crippen molar-refractivity contribution in [3.8, 4) is 0 Å². The van der Waals surface area contributed by atoms with Gasteiger partial charge in [0.2, 0.25) is 0 Å². The van der Waals surface area contributed by atoms with Crippen molar-refractivity contribution in [3.63, 3.8) is 0 Å². The Morgan fingerprint density at radius 2 is 0.429 bits per heavy atom. The molecule has 0 heterocycles. The van der Waals surface area contributed by atoms with E-state index in [1.807, 2.05) is 0 Å². The van der Waals surface area contributed by atoms with Crippen molar-refractivity contribution in [2.75, 3.05) is 13.2 Å². The summed E-state index contributed by atoms with van der Waals surface area (Å²) in [6.07, 6.45) is 81.9. The quantitative estimate of drug-likeness (QED) is 0.0261. The molecule has 77 heavy (non-hydrogen) atoms. The molecule has 0 aliphatic heterocycles. The molecular formula is C71H132O6. The maximum Gasteiger partial charge on any atom is 0.306 e. The molecule has 0 aromatic carbocycles. The normalized spacial score (nSPS) is 12.2. The summed E-state index contributed by atoms with van der Waals surface area (Å²) in [7, 11) is 0. The number of hydrogen-bond acceptors (Lipinski definition) is 6. The van der Waals surface area contributed by atoms with Gasteiger partial charge < -0.3 is 14.2 Å². The summed E-state index contributed by atoms with van der Waals surface area (Å²) in [6, 6.07) is 0. The van der Waals surface area contributed by atoms with Crippen LogP contribution in [0.1, 0.15) is 380 Å². The molecule has 1 atom stereocenters. The molecular weight excluding hydrogens is 949 g/mol.